The third-order valence-corrected chi connectivity index (χ3v) is 5.11. The van der Waals surface area contributed by atoms with Crippen LogP contribution in [0.1, 0.15) is 38.0 Å². The van der Waals surface area contributed by atoms with E-state index in [1.807, 2.05) is 11.3 Å². The number of nitrogens with two attached hydrogens (primary N) is 1. The predicted molar refractivity (Wildman–Crippen MR) is 78.6 cm³/mol. The van der Waals surface area contributed by atoms with E-state index >= 15 is 0 Å². The number of likely N-dealkylation sites (tertiary alicyclic amines) is 1. The van der Waals surface area contributed by atoms with Crippen molar-refractivity contribution in [3.8, 4) is 0 Å². The first-order chi connectivity index (χ1) is 8.64. The molecule has 1 unspecified atom stereocenters. The van der Waals surface area contributed by atoms with Gasteiger partial charge in [-0.3, -0.25) is 16.2 Å². The molecule has 4 heteroatoms. The monoisotopic (exact) mass is 267 g/mol. The topological polar surface area (TPSA) is 41.3 Å². The fourth-order valence-electron chi connectivity index (χ4n) is 2.83. The van der Waals surface area contributed by atoms with Crippen molar-refractivity contribution in [3.63, 3.8) is 0 Å². The number of nitrogens with one attached hydrogen (secondary N) is 1. The minimum Gasteiger partial charge on any atom is -0.297 e. The van der Waals surface area contributed by atoms with Crippen molar-refractivity contribution in [1.29, 1.82) is 0 Å². The van der Waals surface area contributed by atoms with Crippen molar-refractivity contribution in [1.82, 2.24) is 10.3 Å². The molecule has 0 saturated carbocycles. The first kappa shape index (κ1) is 14.0. The predicted octanol–water partition coefficient (Wildman–Crippen LogP) is 2.39. The van der Waals surface area contributed by atoms with Gasteiger partial charge in [-0.15, -0.1) is 11.3 Å². The number of hydrogen-bond donors (Lipinski definition) is 2. The largest absolute Gasteiger partial charge is 0.297 e. The Labute approximate surface area is 114 Å². The second kappa shape index (κ2) is 6.15. The van der Waals surface area contributed by atoms with Crippen molar-refractivity contribution >= 4 is 11.3 Å². The third kappa shape index (κ3) is 3.12. The smallest absolute Gasteiger partial charge is 0.0437 e. The molecule has 18 heavy (non-hydrogen) atoms. The summed E-state index contributed by atoms with van der Waals surface area (Å²) in [6, 6.07) is 4.61. The molecule has 1 aromatic rings. The van der Waals surface area contributed by atoms with E-state index in [0.717, 1.165) is 6.42 Å². The van der Waals surface area contributed by atoms with E-state index in [4.69, 9.17) is 5.84 Å². The maximum Gasteiger partial charge on any atom is 0.0437 e. The fraction of sp³-hybridized carbons (Fsp3) is 0.714. The van der Waals surface area contributed by atoms with Gasteiger partial charge in [0.05, 0.1) is 0 Å². The van der Waals surface area contributed by atoms with E-state index < -0.39 is 0 Å². The van der Waals surface area contributed by atoms with Crippen LogP contribution in [0.5, 0.6) is 0 Å². The van der Waals surface area contributed by atoms with E-state index in [9.17, 15) is 0 Å². The standard InChI is InChI=1S/C14H25N3S/c1-14(2,17-8-4-3-5-9-17)13(16-15)11-12-7-6-10-18-12/h6-7,10,13,16H,3-5,8-9,11,15H2,1-2H3. The average molecular weight is 267 g/mol. The van der Waals surface area contributed by atoms with Crippen LogP contribution < -0.4 is 11.3 Å². The molecule has 0 radical (unpaired) electrons. The molecular weight excluding hydrogens is 242 g/mol. The van der Waals surface area contributed by atoms with Crippen LogP contribution >= 0.6 is 11.3 Å². The second-order valence-electron chi connectivity index (χ2n) is 5.70. The zero-order chi connectivity index (χ0) is 13.0. The lowest BCUT2D eigenvalue weighted by Gasteiger charge is -2.45. The van der Waals surface area contributed by atoms with E-state index in [0.29, 0.717) is 6.04 Å². The molecule has 0 spiro atoms. The average Bonchev–Trinajstić information content (AvgIpc) is 2.89. The lowest BCUT2D eigenvalue weighted by molar-refractivity contribution is 0.0613. The Balaban J connectivity index is 2.04. The number of rotatable bonds is 5. The molecule has 1 aliphatic heterocycles. The van der Waals surface area contributed by atoms with Gasteiger partial charge in [0.15, 0.2) is 0 Å². The maximum absolute atomic E-state index is 5.81. The summed E-state index contributed by atoms with van der Waals surface area (Å²) in [5.41, 5.74) is 3.15. The Morgan fingerprint density at radius 1 is 1.39 bits per heavy atom. The number of hydrogen-bond acceptors (Lipinski definition) is 4. The highest BCUT2D eigenvalue weighted by Crippen LogP contribution is 2.26. The molecule has 102 valence electrons. The summed E-state index contributed by atoms with van der Waals surface area (Å²) < 4.78 is 0. The first-order valence-corrected chi connectivity index (χ1v) is 7.76. The van der Waals surface area contributed by atoms with Crippen molar-refractivity contribution in [2.75, 3.05) is 13.1 Å². The van der Waals surface area contributed by atoms with E-state index in [1.165, 1.54) is 37.2 Å². The van der Waals surface area contributed by atoms with Crippen LogP contribution in [0.2, 0.25) is 0 Å². The highest BCUT2D eigenvalue weighted by Gasteiger charge is 2.35. The van der Waals surface area contributed by atoms with Gasteiger partial charge in [0.1, 0.15) is 0 Å². The van der Waals surface area contributed by atoms with Gasteiger partial charge < -0.3 is 0 Å². The van der Waals surface area contributed by atoms with Crippen LogP contribution in [0.3, 0.4) is 0 Å². The van der Waals surface area contributed by atoms with E-state index in [2.05, 4.69) is 41.7 Å². The lowest BCUT2D eigenvalue weighted by atomic mass is 9.88. The second-order valence-corrected chi connectivity index (χ2v) is 6.74. The first-order valence-electron chi connectivity index (χ1n) is 6.88. The Kier molecular flexibility index (Phi) is 4.78. The number of thiophene rings is 1. The Hall–Kier alpha value is -0.420. The summed E-state index contributed by atoms with van der Waals surface area (Å²) in [6.07, 6.45) is 5.02. The SMILES string of the molecule is CC(C)(C(Cc1cccs1)NN)N1CCCCC1. The zero-order valence-corrected chi connectivity index (χ0v) is 12.3. The summed E-state index contributed by atoms with van der Waals surface area (Å²) in [5.74, 6) is 5.81. The molecule has 1 aliphatic rings. The van der Waals surface area contributed by atoms with Crippen LogP contribution in [0.25, 0.3) is 0 Å². The van der Waals surface area contributed by atoms with Crippen molar-refractivity contribution in [2.45, 2.75) is 51.1 Å². The molecule has 0 aliphatic carbocycles. The van der Waals surface area contributed by atoms with Crippen LogP contribution in [-0.4, -0.2) is 29.6 Å². The molecule has 1 aromatic heterocycles. The maximum atomic E-state index is 5.81. The summed E-state index contributed by atoms with van der Waals surface area (Å²) in [7, 11) is 0. The molecule has 1 fully saturated rings. The highest BCUT2D eigenvalue weighted by atomic mass is 32.1. The van der Waals surface area contributed by atoms with Gasteiger partial charge >= 0.3 is 0 Å². The van der Waals surface area contributed by atoms with Crippen LogP contribution in [0.4, 0.5) is 0 Å². The fourth-order valence-corrected chi connectivity index (χ4v) is 3.59. The van der Waals surface area contributed by atoms with Crippen molar-refractivity contribution in [2.24, 2.45) is 5.84 Å². The van der Waals surface area contributed by atoms with Crippen LogP contribution in [0, 0.1) is 0 Å². The molecule has 1 saturated heterocycles. The molecule has 0 aromatic carbocycles. The van der Waals surface area contributed by atoms with Crippen molar-refractivity contribution in [3.05, 3.63) is 22.4 Å². The summed E-state index contributed by atoms with van der Waals surface area (Å²) in [5, 5.41) is 2.14. The number of nitrogens with zero attached hydrogens (tertiary/aromatic N) is 1. The lowest BCUT2D eigenvalue weighted by Crippen LogP contribution is -2.61. The molecule has 2 heterocycles. The van der Waals surface area contributed by atoms with Gasteiger partial charge in [0, 0.05) is 22.9 Å². The molecular formula is C14H25N3S. The van der Waals surface area contributed by atoms with Gasteiger partial charge in [0.2, 0.25) is 0 Å². The number of hydrazine groups is 1. The molecule has 0 bridgehead atoms. The Morgan fingerprint density at radius 2 is 2.11 bits per heavy atom. The number of piperidine rings is 1. The zero-order valence-electron chi connectivity index (χ0n) is 11.5. The molecule has 3 N–H and O–H groups in total. The summed E-state index contributed by atoms with van der Waals surface area (Å²) >= 11 is 1.82. The minimum absolute atomic E-state index is 0.110. The molecule has 0 amide bonds. The van der Waals surface area contributed by atoms with Gasteiger partial charge in [-0.05, 0) is 51.2 Å². The van der Waals surface area contributed by atoms with Gasteiger partial charge in [-0.1, -0.05) is 12.5 Å². The Morgan fingerprint density at radius 3 is 2.67 bits per heavy atom. The van der Waals surface area contributed by atoms with Gasteiger partial charge in [0.25, 0.3) is 0 Å². The van der Waals surface area contributed by atoms with Gasteiger partial charge in [-0.25, -0.2) is 0 Å². The van der Waals surface area contributed by atoms with Crippen LogP contribution in [0.15, 0.2) is 17.5 Å². The normalized spacial score (nSPS) is 19.9. The summed E-state index contributed by atoms with van der Waals surface area (Å²) in [4.78, 5) is 4.00. The highest BCUT2D eigenvalue weighted by molar-refractivity contribution is 7.09. The summed E-state index contributed by atoms with van der Waals surface area (Å²) in [6.45, 7) is 7.04. The molecule has 3 nitrogen and oxygen atoms in total. The molecule has 2 rings (SSSR count). The van der Waals surface area contributed by atoms with E-state index in [1.54, 1.807) is 0 Å². The quantitative estimate of drug-likeness (QED) is 0.636. The van der Waals surface area contributed by atoms with Crippen molar-refractivity contribution < 1.29 is 0 Å². The van der Waals surface area contributed by atoms with Crippen LogP contribution in [-0.2, 0) is 6.42 Å². The third-order valence-electron chi connectivity index (χ3n) is 4.21. The van der Waals surface area contributed by atoms with Gasteiger partial charge in [-0.2, -0.15) is 0 Å². The minimum atomic E-state index is 0.110. The molecule has 1 atom stereocenters. The van der Waals surface area contributed by atoms with E-state index in [-0.39, 0.29) is 5.54 Å². The Bertz CT molecular complexity index is 342.